The second kappa shape index (κ2) is 5.41. The summed E-state index contributed by atoms with van der Waals surface area (Å²) in [5.74, 6) is -0.684. The molecule has 1 atom stereocenters. The summed E-state index contributed by atoms with van der Waals surface area (Å²) >= 11 is 1.29. The van der Waals surface area contributed by atoms with E-state index in [9.17, 15) is 14.0 Å². The molecule has 0 unspecified atom stereocenters. The van der Waals surface area contributed by atoms with Gasteiger partial charge in [-0.1, -0.05) is 17.4 Å². The van der Waals surface area contributed by atoms with Gasteiger partial charge in [0.05, 0.1) is 10.2 Å². The first-order chi connectivity index (χ1) is 11.5. The van der Waals surface area contributed by atoms with Crippen molar-refractivity contribution in [3.05, 3.63) is 36.1 Å². The van der Waals surface area contributed by atoms with E-state index in [1.807, 2.05) is 0 Å². The number of benzene rings is 2. The quantitative estimate of drug-likeness (QED) is 0.747. The van der Waals surface area contributed by atoms with Crippen molar-refractivity contribution in [3.8, 4) is 0 Å². The molecule has 3 aromatic rings. The van der Waals surface area contributed by atoms with Crippen LogP contribution in [0.25, 0.3) is 21.0 Å². The SMILES string of the molecule is O=C(Nc1nc2ccc3cc(F)ccc3c2s1)[C@H]1CCN1C(=O)O. The Morgan fingerprint density at radius 3 is 2.88 bits per heavy atom. The van der Waals surface area contributed by atoms with Gasteiger partial charge in [-0.3, -0.25) is 9.69 Å². The Hall–Kier alpha value is -2.74. The van der Waals surface area contributed by atoms with Crippen LogP contribution in [0, 0.1) is 5.82 Å². The highest BCUT2D eigenvalue weighted by molar-refractivity contribution is 7.23. The Bertz CT molecular complexity index is 987. The first-order valence-corrected chi connectivity index (χ1v) is 8.14. The molecule has 6 nitrogen and oxygen atoms in total. The van der Waals surface area contributed by atoms with Gasteiger partial charge in [-0.25, -0.2) is 14.2 Å². The van der Waals surface area contributed by atoms with Crippen LogP contribution in [-0.2, 0) is 4.79 Å². The minimum absolute atomic E-state index is 0.307. The van der Waals surface area contributed by atoms with Crippen LogP contribution in [0.1, 0.15) is 6.42 Å². The molecule has 8 heteroatoms. The number of thiazole rings is 1. The van der Waals surface area contributed by atoms with Gasteiger partial charge in [-0.15, -0.1) is 0 Å². The normalized spacial score (nSPS) is 17.0. The highest BCUT2D eigenvalue weighted by Gasteiger charge is 2.37. The van der Waals surface area contributed by atoms with E-state index in [4.69, 9.17) is 5.11 Å². The van der Waals surface area contributed by atoms with Crippen molar-refractivity contribution in [1.29, 1.82) is 0 Å². The number of hydrogen-bond acceptors (Lipinski definition) is 4. The van der Waals surface area contributed by atoms with Crippen molar-refractivity contribution >= 4 is 49.5 Å². The zero-order chi connectivity index (χ0) is 16.8. The molecular formula is C16H12FN3O3S. The average molecular weight is 345 g/mol. The second-order valence-electron chi connectivity index (χ2n) is 5.57. The van der Waals surface area contributed by atoms with Gasteiger partial charge in [0.15, 0.2) is 5.13 Å². The van der Waals surface area contributed by atoms with Crippen molar-refractivity contribution in [2.45, 2.75) is 12.5 Å². The number of aromatic nitrogens is 1. The van der Waals surface area contributed by atoms with Crippen molar-refractivity contribution in [2.75, 3.05) is 11.9 Å². The summed E-state index contributed by atoms with van der Waals surface area (Å²) in [7, 11) is 0. The van der Waals surface area contributed by atoms with Crippen molar-refractivity contribution < 1.29 is 19.1 Å². The average Bonchev–Trinajstić information content (AvgIpc) is 2.87. The Morgan fingerprint density at radius 2 is 2.17 bits per heavy atom. The van der Waals surface area contributed by atoms with Gasteiger partial charge < -0.3 is 10.4 Å². The van der Waals surface area contributed by atoms with Gasteiger partial charge in [-0.2, -0.15) is 0 Å². The van der Waals surface area contributed by atoms with Crippen LogP contribution in [-0.4, -0.2) is 39.6 Å². The lowest BCUT2D eigenvalue weighted by Gasteiger charge is -2.36. The van der Waals surface area contributed by atoms with E-state index in [1.54, 1.807) is 18.2 Å². The molecule has 0 saturated carbocycles. The standard InChI is InChI=1S/C16H12FN3O3S/c17-9-2-3-10-8(7-9)1-4-11-13(10)24-15(18-11)19-14(21)12-5-6-20(12)16(22)23/h1-4,7,12H,5-6H2,(H,22,23)(H,18,19,21)/t12-/m1/s1. The molecule has 0 spiro atoms. The summed E-state index contributed by atoms with van der Waals surface area (Å²) in [6.07, 6.45) is -0.593. The number of hydrogen-bond donors (Lipinski definition) is 2. The summed E-state index contributed by atoms with van der Waals surface area (Å²) in [4.78, 5) is 28.6. The number of carboxylic acid groups (broad SMARTS) is 1. The molecule has 1 fully saturated rings. The monoisotopic (exact) mass is 345 g/mol. The van der Waals surface area contributed by atoms with Gasteiger partial charge in [0.2, 0.25) is 5.91 Å². The summed E-state index contributed by atoms with van der Waals surface area (Å²) in [5, 5.41) is 13.7. The molecule has 4 rings (SSSR count). The van der Waals surface area contributed by atoms with Crippen LogP contribution in [0.4, 0.5) is 14.3 Å². The molecule has 122 valence electrons. The van der Waals surface area contributed by atoms with E-state index in [2.05, 4.69) is 10.3 Å². The van der Waals surface area contributed by atoms with E-state index in [0.29, 0.717) is 23.6 Å². The van der Waals surface area contributed by atoms with E-state index in [1.165, 1.54) is 23.5 Å². The second-order valence-corrected chi connectivity index (χ2v) is 6.57. The van der Waals surface area contributed by atoms with Crippen molar-refractivity contribution in [1.82, 2.24) is 9.88 Å². The summed E-state index contributed by atoms with van der Waals surface area (Å²) in [6, 6.07) is 7.42. The summed E-state index contributed by atoms with van der Waals surface area (Å²) in [6.45, 7) is 0.365. The van der Waals surface area contributed by atoms with E-state index < -0.39 is 12.1 Å². The van der Waals surface area contributed by atoms with Gasteiger partial charge in [-0.05, 0) is 36.1 Å². The largest absolute Gasteiger partial charge is 0.465 e. The Labute approximate surface area is 139 Å². The summed E-state index contributed by atoms with van der Waals surface area (Å²) in [5.41, 5.74) is 0.707. The molecule has 2 N–H and O–H groups in total. The molecule has 0 radical (unpaired) electrons. The van der Waals surface area contributed by atoms with Gasteiger partial charge >= 0.3 is 6.09 Å². The number of carbonyl (C=O) groups excluding carboxylic acids is 1. The lowest BCUT2D eigenvalue weighted by atomic mass is 10.0. The molecule has 0 aliphatic carbocycles. The number of likely N-dealkylation sites (tertiary alicyclic amines) is 1. The molecule has 24 heavy (non-hydrogen) atoms. The van der Waals surface area contributed by atoms with Crippen molar-refractivity contribution in [3.63, 3.8) is 0 Å². The van der Waals surface area contributed by atoms with Crippen LogP contribution >= 0.6 is 11.3 Å². The molecule has 2 heterocycles. The first kappa shape index (κ1) is 14.8. The minimum Gasteiger partial charge on any atom is -0.465 e. The van der Waals surface area contributed by atoms with Gasteiger partial charge in [0, 0.05) is 11.9 Å². The van der Waals surface area contributed by atoms with Gasteiger partial charge in [0.25, 0.3) is 0 Å². The van der Waals surface area contributed by atoms with Crippen LogP contribution in [0.3, 0.4) is 0 Å². The predicted octanol–water partition coefficient (Wildman–Crippen LogP) is 3.28. The molecule has 2 amide bonds. The maximum atomic E-state index is 13.3. The molecule has 1 aromatic heterocycles. The van der Waals surface area contributed by atoms with Crippen LogP contribution in [0.2, 0.25) is 0 Å². The zero-order valence-electron chi connectivity index (χ0n) is 12.3. The number of nitrogens with one attached hydrogen (secondary N) is 1. The molecule has 0 bridgehead atoms. The Morgan fingerprint density at radius 1 is 1.33 bits per heavy atom. The number of rotatable bonds is 2. The van der Waals surface area contributed by atoms with Crippen LogP contribution < -0.4 is 5.32 Å². The Kier molecular flexibility index (Phi) is 3.34. The molecule has 1 aliphatic rings. The number of nitrogens with zero attached hydrogens (tertiary/aromatic N) is 2. The predicted molar refractivity (Wildman–Crippen MR) is 88.8 cm³/mol. The lowest BCUT2D eigenvalue weighted by molar-refractivity contribution is -0.124. The van der Waals surface area contributed by atoms with E-state index >= 15 is 0 Å². The fourth-order valence-corrected chi connectivity index (χ4v) is 3.82. The molecule has 1 saturated heterocycles. The zero-order valence-corrected chi connectivity index (χ0v) is 13.1. The highest BCUT2D eigenvalue weighted by atomic mass is 32.1. The highest BCUT2D eigenvalue weighted by Crippen LogP contribution is 2.33. The maximum absolute atomic E-state index is 13.3. The third kappa shape index (κ3) is 2.35. The lowest BCUT2D eigenvalue weighted by Crippen LogP contribution is -2.56. The van der Waals surface area contributed by atoms with Crippen molar-refractivity contribution in [2.24, 2.45) is 0 Å². The number of fused-ring (bicyclic) bond motifs is 3. The maximum Gasteiger partial charge on any atom is 0.407 e. The first-order valence-electron chi connectivity index (χ1n) is 7.32. The smallest absolute Gasteiger partial charge is 0.407 e. The molecular weight excluding hydrogens is 333 g/mol. The minimum atomic E-state index is -1.10. The van der Waals surface area contributed by atoms with E-state index in [-0.39, 0.29) is 11.7 Å². The number of amides is 2. The topological polar surface area (TPSA) is 82.5 Å². The third-order valence-corrected chi connectivity index (χ3v) is 5.15. The van der Waals surface area contributed by atoms with Crippen LogP contribution in [0.15, 0.2) is 30.3 Å². The fraction of sp³-hybridized carbons (Fsp3) is 0.188. The van der Waals surface area contributed by atoms with Crippen LogP contribution in [0.5, 0.6) is 0 Å². The van der Waals surface area contributed by atoms with Gasteiger partial charge in [0.1, 0.15) is 11.9 Å². The number of carbonyl (C=O) groups is 2. The summed E-state index contributed by atoms with van der Waals surface area (Å²) < 4.78 is 14.2. The number of halogens is 1. The third-order valence-electron chi connectivity index (χ3n) is 4.13. The van der Waals surface area contributed by atoms with E-state index in [0.717, 1.165) is 20.4 Å². The molecule has 2 aromatic carbocycles. The fourth-order valence-electron chi connectivity index (χ4n) is 2.82. The molecule has 1 aliphatic heterocycles. The Balaban J connectivity index is 1.64. The number of anilines is 1.